The number of hydrogen-bond acceptors (Lipinski definition) is 2. The van der Waals surface area contributed by atoms with Crippen LogP contribution in [0.15, 0.2) is 0 Å². The zero-order valence-corrected chi connectivity index (χ0v) is 7.74. The molecule has 0 aromatic carbocycles. The molecule has 1 rings (SSSR count). The summed E-state index contributed by atoms with van der Waals surface area (Å²) in [4.78, 5) is 0. The molecule has 3 heteroatoms. The molecular weight excluding hydrogens is 233 g/mol. The Morgan fingerprint density at radius 1 is 1.12 bits per heavy atom. The summed E-state index contributed by atoms with van der Waals surface area (Å²) >= 11 is 2.35. The van der Waals surface area contributed by atoms with E-state index in [-0.39, 0.29) is 0 Å². The Morgan fingerprint density at radius 2 is 1.75 bits per heavy atom. The first kappa shape index (κ1) is 7.15. The Kier molecular flexibility index (Phi) is 3.53. The lowest BCUT2D eigenvalue weighted by atomic mass is 10.2. The third-order valence-electron chi connectivity index (χ3n) is 1.41. The van der Waals surface area contributed by atoms with Gasteiger partial charge in [-0.15, -0.1) is 0 Å². The van der Waals surface area contributed by atoms with Gasteiger partial charge in [0.25, 0.3) is 0 Å². The van der Waals surface area contributed by atoms with E-state index in [1.54, 1.807) is 0 Å². The average molecular weight is 243 g/mol. The molecule has 0 saturated carbocycles. The molecule has 0 N–H and O–H groups in total. The second kappa shape index (κ2) is 3.95. The van der Waals surface area contributed by atoms with Crippen molar-refractivity contribution in [1.29, 1.82) is 0 Å². The highest BCUT2D eigenvalue weighted by Gasteiger charge is 2.07. The van der Waals surface area contributed by atoms with Crippen LogP contribution in [0.2, 0.25) is 0 Å². The zero-order chi connectivity index (χ0) is 5.82. The van der Waals surface area contributed by atoms with Crippen molar-refractivity contribution < 1.29 is 0 Å². The molecule has 1 aliphatic rings. The maximum absolute atomic E-state index is 2.42. The van der Waals surface area contributed by atoms with Gasteiger partial charge in [-0.25, -0.2) is 4.31 Å². The van der Waals surface area contributed by atoms with Crippen LogP contribution in [0.25, 0.3) is 0 Å². The summed E-state index contributed by atoms with van der Waals surface area (Å²) in [5.41, 5.74) is 0. The number of nitrogens with zero attached hydrogens (tertiary/aromatic N) is 1. The van der Waals surface area contributed by atoms with Crippen LogP contribution in [-0.4, -0.2) is 17.4 Å². The third-order valence-corrected chi connectivity index (χ3v) is 3.64. The van der Waals surface area contributed by atoms with Crippen LogP contribution in [0.3, 0.4) is 0 Å². The Balaban J connectivity index is 2.13. The zero-order valence-electron chi connectivity index (χ0n) is 4.77. The summed E-state index contributed by atoms with van der Waals surface area (Å²) < 4.78 is 2.42. The molecule has 0 atom stereocenters. The van der Waals surface area contributed by atoms with E-state index in [4.69, 9.17) is 0 Å². The van der Waals surface area contributed by atoms with Crippen molar-refractivity contribution in [2.75, 3.05) is 13.1 Å². The van der Waals surface area contributed by atoms with Crippen LogP contribution in [0.4, 0.5) is 0 Å². The number of piperidine rings is 1. The molecule has 0 bridgehead atoms. The molecule has 1 fully saturated rings. The minimum absolute atomic E-state index is 1.30. The van der Waals surface area contributed by atoms with Crippen LogP contribution in [0.1, 0.15) is 19.3 Å². The van der Waals surface area contributed by atoms with E-state index in [1.165, 1.54) is 32.4 Å². The van der Waals surface area contributed by atoms with Gasteiger partial charge in [0.05, 0.1) is 0 Å². The van der Waals surface area contributed by atoms with Gasteiger partial charge in [0.1, 0.15) is 0 Å². The molecule has 1 aliphatic heterocycles. The standard InChI is InChI=1S/C5H10INS/c6-8-7-4-2-1-3-5-7/h1-5H2. The molecule has 0 amide bonds. The molecule has 0 aromatic heterocycles. The fraction of sp³-hybridized carbons (Fsp3) is 1.00. The first-order chi connectivity index (χ1) is 3.93. The van der Waals surface area contributed by atoms with Crippen LogP contribution in [0.5, 0.6) is 0 Å². The molecule has 48 valence electrons. The van der Waals surface area contributed by atoms with Gasteiger partial charge < -0.3 is 0 Å². The van der Waals surface area contributed by atoms with Crippen molar-refractivity contribution in [1.82, 2.24) is 4.31 Å². The molecule has 0 spiro atoms. The quantitative estimate of drug-likeness (QED) is 0.514. The summed E-state index contributed by atoms with van der Waals surface area (Å²) in [7, 11) is 1.85. The van der Waals surface area contributed by atoms with Crippen molar-refractivity contribution in [2.45, 2.75) is 19.3 Å². The highest BCUT2D eigenvalue weighted by Crippen LogP contribution is 2.22. The first-order valence-corrected chi connectivity index (χ1v) is 6.29. The van der Waals surface area contributed by atoms with Crippen molar-refractivity contribution in [3.63, 3.8) is 0 Å². The monoisotopic (exact) mass is 243 g/mol. The van der Waals surface area contributed by atoms with Gasteiger partial charge in [-0.1, -0.05) is 6.42 Å². The molecule has 0 aliphatic carbocycles. The van der Waals surface area contributed by atoms with Crippen molar-refractivity contribution >= 4 is 30.3 Å². The minimum Gasteiger partial charge on any atom is -0.242 e. The second-order valence-electron chi connectivity index (χ2n) is 2.06. The van der Waals surface area contributed by atoms with E-state index in [2.05, 4.69) is 25.5 Å². The van der Waals surface area contributed by atoms with Gasteiger partial charge in [0, 0.05) is 34.3 Å². The average Bonchev–Trinajstić information content (AvgIpc) is 1.90. The van der Waals surface area contributed by atoms with Gasteiger partial charge in [-0.2, -0.15) is 0 Å². The van der Waals surface area contributed by atoms with Gasteiger partial charge in [-0.05, 0) is 22.0 Å². The van der Waals surface area contributed by atoms with Crippen molar-refractivity contribution in [3.05, 3.63) is 0 Å². The molecule has 0 radical (unpaired) electrons. The van der Waals surface area contributed by atoms with E-state index in [9.17, 15) is 0 Å². The lowest BCUT2D eigenvalue weighted by Gasteiger charge is -2.21. The predicted molar refractivity (Wildman–Crippen MR) is 47.0 cm³/mol. The van der Waals surface area contributed by atoms with Crippen LogP contribution < -0.4 is 0 Å². The van der Waals surface area contributed by atoms with E-state index < -0.39 is 0 Å². The Morgan fingerprint density at radius 3 is 2.12 bits per heavy atom. The lowest BCUT2D eigenvalue weighted by molar-refractivity contribution is 0.384. The molecule has 1 heterocycles. The first-order valence-electron chi connectivity index (χ1n) is 2.97. The van der Waals surface area contributed by atoms with Crippen LogP contribution in [-0.2, 0) is 0 Å². The Labute approximate surface area is 66.9 Å². The molecule has 0 unspecified atom stereocenters. The predicted octanol–water partition coefficient (Wildman–Crippen LogP) is 2.47. The van der Waals surface area contributed by atoms with Gasteiger partial charge in [0.15, 0.2) is 0 Å². The van der Waals surface area contributed by atoms with E-state index in [1.807, 2.05) is 9.12 Å². The van der Waals surface area contributed by atoms with E-state index in [0.29, 0.717) is 0 Å². The molecule has 0 aromatic rings. The van der Waals surface area contributed by atoms with Crippen molar-refractivity contribution in [3.8, 4) is 0 Å². The summed E-state index contributed by atoms with van der Waals surface area (Å²) in [6.07, 6.45) is 4.24. The molecule has 8 heavy (non-hydrogen) atoms. The molecular formula is C5H10INS. The maximum atomic E-state index is 2.42. The normalized spacial score (nSPS) is 23.6. The molecule has 1 nitrogen and oxygen atoms in total. The highest BCUT2D eigenvalue weighted by molar-refractivity contribution is 14.2. The van der Waals surface area contributed by atoms with Gasteiger partial charge in [0.2, 0.25) is 0 Å². The number of hydrogen-bond donors (Lipinski definition) is 0. The van der Waals surface area contributed by atoms with Crippen LogP contribution in [0, 0.1) is 0 Å². The van der Waals surface area contributed by atoms with Gasteiger partial charge >= 0.3 is 0 Å². The Hall–Kier alpha value is 1.04. The summed E-state index contributed by atoms with van der Waals surface area (Å²) in [5.74, 6) is 0. The number of halogens is 1. The lowest BCUT2D eigenvalue weighted by Crippen LogP contribution is -2.21. The van der Waals surface area contributed by atoms with E-state index >= 15 is 0 Å². The topological polar surface area (TPSA) is 3.24 Å². The SMILES string of the molecule is ISN1CCCCC1. The summed E-state index contributed by atoms with van der Waals surface area (Å²) in [6, 6.07) is 0. The third kappa shape index (κ3) is 2.11. The fourth-order valence-electron chi connectivity index (χ4n) is 0.934. The largest absolute Gasteiger partial charge is 0.242 e. The summed E-state index contributed by atoms with van der Waals surface area (Å²) in [6.45, 7) is 2.60. The molecule has 1 saturated heterocycles. The summed E-state index contributed by atoms with van der Waals surface area (Å²) in [5, 5.41) is 0. The maximum Gasteiger partial charge on any atom is 0.0146 e. The minimum atomic E-state index is 1.30. The van der Waals surface area contributed by atoms with Gasteiger partial charge in [-0.3, -0.25) is 0 Å². The Bertz CT molecular complexity index is 63.4. The second-order valence-corrected chi connectivity index (χ2v) is 3.89. The highest BCUT2D eigenvalue weighted by atomic mass is 127. The van der Waals surface area contributed by atoms with E-state index in [0.717, 1.165) is 0 Å². The van der Waals surface area contributed by atoms with Crippen LogP contribution >= 0.6 is 30.3 Å². The van der Waals surface area contributed by atoms with Crippen molar-refractivity contribution in [2.24, 2.45) is 0 Å². The fourth-order valence-corrected chi connectivity index (χ4v) is 2.51. The number of rotatable bonds is 1. The smallest absolute Gasteiger partial charge is 0.0146 e.